The second-order valence-electron chi connectivity index (χ2n) is 7.26. The summed E-state index contributed by atoms with van der Waals surface area (Å²) < 4.78 is 40.0. The van der Waals surface area contributed by atoms with E-state index in [2.05, 4.69) is 10.3 Å². The van der Waals surface area contributed by atoms with Gasteiger partial charge in [-0.3, -0.25) is 10.1 Å². The van der Waals surface area contributed by atoms with E-state index in [0.29, 0.717) is 30.2 Å². The van der Waals surface area contributed by atoms with E-state index in [-0.39, 0.29) is 23.2 Å². The van der Waals surface area contributed by atoms with E-state index in [1.165, 1.54) is 12.1 Å². The van der Waals surface area contributed by atoms with Crippen LogP contribution in [-0.4, -0.2) is 41.0 Å². The molecule has 0 spiro atoms. The Balaban J connectivity index is 1.57. The molecule has 0 aliphatic carbocycles. The topological polar surface area (TPSA) is 101 Å². The monoisotopic (exact) mass is 451 g/mol. The Morgan fingerprint density at radius 3 is 2.70 bits per heavy atom. The average molecular weight is 452 g/mol. The number of hydrogen-bond acceptors (Lipinski definition) is 5. The highest BCUT2D eigenvalue weighted by atomic mass is 35.5. The van der Waals surface area contributed by atoms with Crippen molar-refractivity contribution in [1.29, 1.82) is 0 Å². The van der Waals surface area contributed by atoms with Gasteiger partial charge in [0.15, 0.2) is 9.84 Å². The Morgan fingerprint density at radius 2 is 2.00 bits per heavy atom. The number of carboxylic acid groups (broad SMARTS) is 1. The second-order valence-corrected chi connectivity index (χ2v) is 9.64. The SMILES string of the molecule is O=C(O)Cc1c2n(c3nc(Cl)ccc13)CC(NCS(=O)(=O)c1ccc(F)cc1)CC2. The minimum Gasteiger partial charge on any atom is -0.481 e. The molecule has 0 saturated heterocycles. The molecule has 3 aromatic rings. The summed E-state index contributed by atoms with van der Waals surface area (Å²) in [7, 11) is -3.62. The molecule has 1 aromatic carbocycles. The van der Waals surface area contributed by atoms with Gasteiger partial charge in [0, 0.05) is 23.7 Å². The molecule has 2 aromatic heterocycles. The van der Waals surface area contributed by atoms with Crippen LogP contribution in [0.4, 0.5) is 4.39 Å². The summed E-state index contributed by atoms with van der Waals surface area (Å²) in [6, 6.07) is 7.98. The van der Waals surface area contributed by atoms with Crippen LogP contribution in [0.25, 0.3) is 11.0 Å². The minimum absolute atomic E-state index is 0.0523. The minimum atomic E-state index is -3.62. The zero-order valence-corrected chi connectivity index (χ0v) is 17.4. The first-order valence-corrected chi connectivity index (χ1v) is 11.4. The van der Waals surface area contributed by atoms with Gasteiger partial charge in [-0.05, 0) is 54.8 Å². The molecule has 1 unspecified atom stereocenters. The molecule has 7 nitrogen and oxygen atoms in total. The first-order chi connectivity index (χ1) is 14.2. The lowest BCUT2D eigenvalue weighted by Gasteiger charge is -2.26. The number of aliphatic carboxylic acids is 1. The van der Waals surface area contributed by atoms with Crippen LogP contribution >= 0.6 is 11.6 Å². The Morgan fingerprint density at radius 1 is 1.27 bits per heavy atom. The fourth-order valence-corrected chi connectivity index (χ4v) is 5.20. The number of aromatic nitrogens is 2. The number of fused-ring (bicyclic) bond motifs is 3. The molecule has 1 aliphatic heterocycles. The first-order valence-electron chi connectivity index (χ1n) is 9.34. The fraction of sp³-hybridized carbons (Fsp3) is 0.300. The molecule has 3 heterocycles. The summed E-state index contributed by atoms with van der Waals surface area (Å²) in [4.78, 5) is 15.8. The first kappa shape index (κ1) is 20.8. The number of rotatable bonds is 6. The van der Waals surface area contributed by atoms with Gasteiger partial charge in [-0.15, -0.1) is 0 Å². The van der Waals surface area contributed by atoms with Gasteiger partial charge in [-0.1, -0.05) is 11.6 Å². The van der Waals surface area contributed by atoms with Crippen LogP contribution in [-0.2, 0) is 34.0 Å². The fourth-order valence-electron chi connectivity index (χ4n) is 3.89. The van der Waals surface area contributed by atoms with Gasteiger partial charge in [0.2, 0.25) is 0 Å². The molecule has 0 amide bonds. The highest BCUT2D eigenvalue weighted by Crippen LogP contribution is 2.31. The molecule has 10 heteroatoms. The van der Waals surface area contributed by atoms with Gasteiger partial charge in [0.1, 0.15) is 22.5 Å². The van der Waals surface area contributed by atoms with Crippen molar-refractivity contribution in [3.8, 4) is 0 Å². The molecule has 2 N–H and O–H groups in total. The number of carbonyl (C=O) groups is 1. The van der Waals surface area contributed by atoms with E-state index >= 15 is 0 Å². The number of pyridine rings is 1. The largest absolute Gasteiger partial charge is 0.481 e. The third-order valence-corrected chi connectivity index (χ3v) is 7.04. The van der Waals surface area contributed by atoms with Crippen molar-refractivity contribution in [3.63, 3.8) is 0 Å². The van der Waals surface area contributed by atoms with E-state index in [1.54, 1.807) is 12.1 Å². The van der Waals surface area contributed by atoms with Crippen molar-refractivity contribution >= 4 is 38.4 Å². The molecule has 0 fully saturated rings. The van der Waals surface area contributed by atoms with Gasteiger partial charge in [-0.2, -0.15) is 0 Å². The summed E-state index contributed by atoms with van der Waals surface area (Å²) in [5.74, 6) is -1.70. The molecule has 158 valence electrons. The summed E-state index contributed by atoms with van der Waals surface area (Å²) in [6.07, 6.45) is 1.12. The summed E-state index contributed by atoms with van der Waals surface area (Å²) >= 11 is 6.05. The van der Waals surface area contributed by atoms with Gasteiger partial charge < -0.3 is 9.67 Å². The van der Waals surface area contributed by atoms with E-state index < -0.39 is 21.6 Å². The van der Waals surface area contributed by atoms with Crippen molar-refractivity contribution < 1.29 is 22.7 Å². The normalized spacial score (nSPS) is 16.5. The van der Waals surface area contributed by atoms with Crippen molar-refractivity contribution in [2.75, 3.05) is 5.88 Å². The maximum absolute atomic E-state index is 13.1. The number of benzene rings is 1. The Bertz CT molecular complexity index is 1230. The molecule has 0 saturated carbocycles. The number of carboxylic acids is 1. The summed E-state index contributed by atoms with van der Waals surface area (Å²) in [5, 5.41) is 13.4. The van der Waals surface area contributed by atoms with Crippen LogP contribution in [0, 0.1) is 5.82 Å². The molecular formula is C20H19ClFN3O4S. The number of hydrogen-bond donors (Lipinski definition) is 2. The summed E-state index contributed by atoms with van der Waals surface area (Å²) in [6.45, 7) is 0.442. The Hall–Kier alpha value is -2.49. The predicted octanol–water partition coefficient (Wildman–Crippen LogP) is 2.79. The lowest BCUT2D eigenvalue weighted by Crippen LogP contribution is -2.40. The third-order valence-electron chi connectivity index (χ3n) is 5.29. The van der Waals surface area contributed by atoms with Gasteiger partial charge in [0.25, 0.3) is 0 Å². The van der Waals surface area contributed by atoms with Gasteiger partial charge in [-0.25, -0.2) is 17.8 Å². The van der Waals surface area contributed by atoms with Crippen LogP contribution < -0.4 is 5.32 Å². The van der Waals surface area contributed by atoms with E-state index in [4.69, 9.17) is 11.6 Å². The number of nitrogens with one attached hydrogen (secondary N) is 1. The van der Waals surface area contributed by atoms with Crippen LogP contribution in [0.3, 0.4) is 0 Å². The van der Waals surface area contributed by atoms with E-state index in [9.17, 15) is 22.7 Å². The van der Waals surface area contributed by atoms with Crippen LogP contribution in [0.1, 0.15) is 17.7 Å². The van der Waals surface area contributed by atoms with E-state index in [1.807, 2.05) is 4.57 Å². The van der Waals surface area contributed by atoms with E-state index in [0.717, 1.165) is 28.8 Å². The number of sulfone groups is 1. The molecular weight excluding hydrogens is 433 g/mol. The number of halogens is 2. The van der Waals surface area contributed by atoms with Crippen molar-refractivity contribution in [2.24, 2.45) is 0 Å². The molecule has 30 heavy (non-hydrogen) atoms. The average Bonchev–Trinajstić information content (AvgIpc) is 2.99. The van der Waals surface area contributed by atoms with Crippen LogP contribution in [0.15, 0.2) is 41.3 Å². The van der Waals surface area contributed by atoms with Crippen LogP contribution in [0.2, 0.25) is 5.15 Å². The Labute approximate surface area is 177 Å². The van der Waals surface area contributed by atoms with Crippen LogP contribution in [0.5, 0.6) is 0 Å². The van der Waals surface area contributed by atoms with Gasteiger partial charge in [0.05, 0.1) is 11.3 Å². The third kappa shape index (κ3) is 4.05. The van der Waals surface area contributed by atoms with Crippen molar-refractivity contribution in [2.45, 2.75) is 36.7 Å². The van der Waals surface area contributed by atoms with Crippen molar-refractivity contribution in [1.82, 2.24) is 14.9 Å². The quantitative estimate of drug-likeness (QED) is 0.441. The zero-order valence-electron chi connectivity index (χ0n) is 15.8. The van der Waals surface area contributed by atoms with Gasteiger partial charge >= 0.3 is 5.97 Å². The molecule has 1 aliphatic rings. The lowest BCUT2D eigenvalue weighted by molar-refractivity contribution is -0.136. The maximum Gasteiger partial charge on any atom is 0.307 e. The highest BCUT2D eigenvalue weighted by Gasteiger charge is 2.27. The molecule has 0 bridgehead atoms. The maximum atomic E-state index is 13.1. The lowest BCUT2D eigenvalue weighted by atomic mass is 10.0. The standard InChI is InChI=1S/C20H19ClFN3O4S/c21-18-8-6-15-16(9-19(26)27)17-7-3-13(10-25(17)20(15)24-18)23-11-30(28,29)14-4-1-12(22)2-5-14/h1-2,4-6,8,13,23H,3,7,9-11H2,(H,26,27). The Kier molecular flexibility index (Phi) is 5.52. The smallest absolute Gasteiger partial charge is 0.307 e. The highest BCUT2D eigenvalue weighted by molar-refractivity contribution is 7.91. The molecule has 4 rings (SSSR count). The predicted molar refractivity (Wildman–Crippen MR) is 110 cm³/mol. The summed E-state index contributed by atoms with van der Waals surface area (Å²) in [5.41, 5.74) is 2.21. The number of nitrogens with zero attached hydrogens (tertiary/aromatic N) is 2. The van der Waals surface area contributed by atoms with Crippen molar-refractivity contribution in [3.05, 3.63) is 58.6 Å². The zero-order chi connectivity index (χ0) is 21.5. The second kappa shape index (κ2) is 7.98. The molecule has 0 radical (unpaired) electrons. The molecule has 1 atom stereocenters.